The number of hydrogen-bond acceptors (Lipinski definition) is 5. The highest BCUT2D eigenvalue weighted by molar-refractivity contribution is 7.07. The monoisotopic (exact) mass is 254 g/mol. The standard InChI is InChI=1S/C12H18N2O2S/c1-3-16-12(15)11-13-10(14-17-11)9-6-4-8(2)5-7-9/h8-9H,3-7H2,1-2H3/t8-,9-. The number of ether oxygens (including phenoxy) is 1. The van der Waals surface area contributed by atoms with E-state index in [0.717, 1.165) is 36.1 Å². The summed E-state index contributed by atoms with van der Waals surface area (Å²) in [5.74, 6) is 1.74. The molecule has 2 rings (SSSR count). The van der Waals surface area contributed by atoms with Crippen LogP contribution in [0.25, 0.3) is 0 Å². The van der Waals surface area contributed by atoms with E-state index in [-0.39, 0.29) is 5.97 Å². The van der Waals surface area contributed by atoms with Crippen molar-refractivity contribution in [2.75, 3.05) is 6.61 Å². The number of hydrogen-bond donors (Lipinski definition) is 0. The summed E-state index contributed by atoms with van der Waals surface area (Å²) in [5.41, 5.74) is 0. The van der Waals surface area contributed by atoms with Gasteiger partial charge < -0.3 is 4.74 Å². The van der Waals surface area contributed by atoms with Gasteiger partial charge in [0.2, 0.25) is 5.01 Å². The molecule has 0 bridgehead atoms. The van der Waals surface area contributed by atoms with Gasteiger partial charge in [-0.15, -0.1) is 0 Å². The molecule has 17 heavy (non-hydrogen) atoms. The highest BCUT2D eigenvalue weighted by Gasteiger charge is 2.24. The summed E-state index contributed by atoms with van der Waals surface area (Å²) in [5, 5.41) is 0.389. The molecule has 5 heteroatoms. The van der Waals surface area contributed by atoms with Gasteiger partial charge in [0.15, 0.2) is 0 Å². The Hall–Kier alpha value is -0.970. The predicted molar refractivity (Wildman–Crippen MR) is 66.2 cm³/mol. The van der Waals surface area contributed by atoms with Crippen LogP contribution in [0.1, 0.15) is 61.1 Å². The van der Waals surface area contributed by atoms with Crippen LogP contribution >= 0.6 is 11.5 Å². The summed E-state index contributed by atoms with van der Waals surface area (Å²) in [7, 11) is 0. The van der Waals surface area contributed by atoms with E-state index in [1.165, 1.54) is 12.8 Å². The molecule has 1 fully saturated rings. The van der Waals surface area contributed by atoms with Crippen molar-refractivity contribution >= 4 is 17.5 Å². The number of carbonyl (C=O) groups is 1. The van der Waals surface area contributed by atoms with Crippen molar-refractivity contribution in [3.05, 3.63) is 10.8 Å². The number of esters is 1. The zero-order chi connectivity index (χ0) is 12.3. The molecule has 0 aliphatic heterocycles. The van der Waals surface area contributed by atoms with Crippen molar-refractivity contribution in [1.29, 1.82) is 0 Å². The van der Waals surface area contributed by atoms with Gasteiger partial charge >= 0.3 is 5.97 Å². The van der Waals surface area contributed by atoms with Crippen molar-refractivity contribution in [3.8, 4) is 0 Å². The van der Waals surface area contributed by atoms with E-state index in [1.54, 1.807) is 6.92 Å². The van der Waals surface area contributed by atoms with E-state index < -0.39 is 0 Å². The van der Waals surface area contributed by atoms with Crippen molar-refractivity contribution in [2.45, 2.75) is 45.4 Å². The van der Waals surface area contributed by atoms with Crippen molar-refractivity contribution in [1.82, 2.24) is 9.36 Å². The van der Waals surface area contributed by atoms with Crippen LogP contribution in [0.3, 0.4) is 0 Å². The molecule has 0 atom stereocenters. The lowest BCUT2D eigenvalue weighted by atomic mass is 9.83. The first-order valence-corrected chi connectivity index (χ1v) is 6.98. The van der Waals surface area contributed by atoms with Crippen molar-refractivity contribution in [3.63, 3.8) is 0 Å². The molecular formula is C12H18N2O2S. The molecular weight excluding hydrogens is 236 g/mol. The summed E-state index contributed by atoms with van der Waals surface area (Å²) >= 11 is 1.16. The Labute approximate surface area is 106 Å². The van der Waals surface area contributed by atoms with Crippen LogP contribution in [0, 0.1) is 5.92 Å². The van der Waals surface area contributed by atoms with E-state index in [9.17, 15) is 4.79 Å². The highest BCUT2D eigenvalue weighted by Crippen LogP contribution is 2.34. The summed E-state index contributed by atoms with van der Waals surface area (Å²) in [6.45, 7) is 4.46. The number of carbonyl (C=O) groups excluding carboxylic acids is 1. The molecule has 0 spiro atoms. The molecule has 1 heterocycles. The van der Waals surface area contributed by atoms with Gasteiger partial charge in [-0.3, -0.25) is 0 Å². The van der Waals surface area contributed by atoms with E-state index in [2.05, 4.69) is 16.3 Å². The average molecular weight is 254 g/mol. The molecule has 1 aromatic rings. The molecule has 4 nitrogen and oxygen atoms in total. The molecule has 0 saturated heterocycles. The minimum Gasteiger partial charge on any atom is -0.461 e. The number of nitrogens with zero attached hydrogens (tertiary/aromatic N) is 2. The third kappa shape index (κ3) is 3.03. The van der Waals surface area contributed by atoms with Crippen molar-refractivity contribution in [2.24, 2.45) is 5.92 Å². The van der Waals surface area contributed by atoms with Crippen LogP contribution in [0.5, 0.6) is 0 Å². The third-order valence-corrected chi connectivity index (χ3v) is 3.98. The summed E-state index contributed by atoms with van der Waals surface area (Å²) in [6, 6.07) is 0. The molecule has 0 N–H and O–H groups in total. The van der Waals surface area contributed by atoms with E-state index in [4.69, 9.17) is 4.74 Å². The fourth-order valence-corrected chi connectivity index (χ4v) is 2.83. The third-order valence-electron chi connectivity index (χ3n) is 3.27. The van der Waals surface area contributed by atoms with Gasteiger partial charge in [0.05, 0.1) is 6.61 Å². The molecule has 1 aliphatic rings. The lowest BCUT2D eigenvalue weighted by Gasteiger charge is -2.23. The zero-order valence-electron chi connectivity index (χ0n) is 10.3. The quantitative estimate of drug-likeness (QED) is 0.778. The molecule has 0 unspecified atom stereocenters. The first-order chi connectivity index (χ1) is 8.20. The Balaban J connectivity index is 2.00. The van der Waals surface area contributed by atoms with E-state index in [1.807, 2.05) is 0 Å². The average Bonchev–Trinajstić information content (AvgIpc) is 2.80. The second kappa shape index (κ2) is 5.58. The molecule has 0 radical (unpaired) electrons. The van der Waals surface area contributed by atoms with Gasteiger partial charge in [-0.25, -0.2) is 9.78 Å². The lowest BCUT2D eigenvalue weighted by molar-refractivity contribution is 0.0525. The van der Waals surface area contributed by atoms with Crippen LogP contribution in [0.4, 0.5) is 0 Å². The minimum atomic E-state index is -0.347. The zero-order valence-corrected chi connectivity index (χ0v) is 11.1. The molecule has 94 valence electrons. The number of aromatic nitrogens is 2. The lowest BCUT2D eigenvalue weighted by Crippen LogP contribution is -2.12. The van der Waals surface area contributed by atoms with Crippen LogP contribution in [0.15, 0.2) is 0 Å². The van der Waals surface area contributed by atoms with Gasteiger partial charge in [-0.1, -0.05) is 19.8 Å². The summed E-state index contributed by atoms with van der Waals surface area (Å²) in [4.78, 5) is 15.8. The van der Waals surface area contributed by atoms with Gasteiger partial charge in [-0.05, 0) is 37.2 Å². The fraction of sp³-hybridized carbons (Fsp3) is 0.750. The smallest absolute Gasteiger partial charge is 0.369 e. The first-order valence-electron chi connectivity index (χ1n) is 6.21. The predicted octanol–water partition coefficient (Wildman–Crippen LogP) is 3.01. The van der Waals surface area contributed by atoms with Gasteiger partial charge in [-0.2, -0.15) is 4.37 Å². The van der Waals surface area contributed by atoms with Crippen molar-refractivity contribution < 1.29 is 9.53 Å². The van der Waals surface area contributed by atoms with Crippen LogP contribution in [-0.4, -0.2) is 21.9 Å². The maximum atomic E-state index is 11.5. The topological polar surface area (TPSA) is 52.1 Å². The molecule has 0 aromatic carbocycles. The van der Waals surface area contributed by atoms with E-state index >= 15 is 0 Å². The SMILES string of the molecule is CCOC(=O)c1nc([C@H]2CC[C@H](C)CC2)ns1. The first kappa shape index (κ1) is 12.5. The Morgan fingerprint density at radius 1 is 1.41 bits per heavy atom. The summed E-state index contributed by atoms with van der Waals surface area (Å²) in [6.07, 6.45) is 4.75. The van der Waals surface area contributed by atoms with Gasteiger partial charge in [0.25, 0.3) is 0 Å². The molecule has 1 aromatic heterocycles. The maximum Gasteiger partial charge on any atom is 0.369 e. The summed E-state index contributed by atoms with van der Waals surface area (Å²) < 4.78 is 9.21. The minimum absolute atomic E-state index is 0.347. The normalized spacial score (nSPS) is 24.6. The Kier molecular flexibility index (Phi) is 4.10. The van der Waals surface area contributed by atoms with Crippen LogP contribution < -0.4 is 0 Å². The van der Waals surface area contributed by atoms with E-state index in [0.29, 0.717) is 17.5 Å². The second-order valence-corrected chi connectivity index (χ2v) is 5.39. The van der Waals surface area contributed by atoms with Gasteiger partial charge in [0.1, 0.15) is 5.82 Å². The van der Waals surface area contributed by atoms with Crippen LogP contribution in [-0.2, 0) is 4.74 Å². The van der Waals surface area contributed by atoms with Gasteiger partial charge in [0, 0.05) is 5.92 Å². The van der Waals surface area contributed by atoms with Crippen LogP contribution in [0.2, 0.25) is 0 Å². The largest absolute Gasteiger partial charge is 0.461 e. The second-order valence-electron chi connectivity index (χ2n) is 4.63. The Bertz CT molecular complexity index is 384. The molecule has 1 aliphatic carbocycles. The number of rotatable bonds is 3. The Morgan fingerprint density at radius 3 is 2.76 bits per heavy atom. The molecule has 1 saturated carbocycles. The molecule has 0 amide bonds. The highest BCUT2D eigenvalue weighted by atomic mass is 32.1. The Morgan fingerprint density at radius 2 is 2.12 bits per heavy atom. The fourth-order valence-electron chi connectivity index (χ4n) is 2.19. The maximum absolute atomic E-state index is 11.5.